The topological polar surface area (TPSA) is 40.5 Å². The molecule has 0 spiro atoms. The van der Waals surface area contributed by atoms with Gasteiger partial charge < -0.3 is 10.2 Å². The van der Waals surface area contributed by atoms with Gasteiger partial charge in [0.25, 0.3) is 0 Å². The smallest absolute Gasteiger partial charge is 0.0738 e. The molecule has 0 radical (unpaired) electrons. The molecule has 0 aliphatic heterocycles. The van der Waals surface area contributed by atoms with Gasteiger partial charge in [0.1, 0.15) is 0 Å². The van der Waals surface area contributed by atoms with Gasteiger partial charge in [0, 0.05) is 7.16 Å². The van der Waals surface area contributed by atoms with E-state index in [1.54, 1.807) is 12.2 Å². The first kappa shape index (κ1) is 10.9. The molecule has 0 saturated carbocycles. The van der Waals surface area contributed by atoms with Crippen LogP contribution in [0.15, 0.2) is 19.3 Å². The van der Waals surface area contributed by atoms with Crippen LogP contribution in [0.1, 0.15) is 0 Å². The van der Waals surface area contributed by atoms with Crippen molar-refractivity contribution >= 4 is 45.2 Å². The molecule has 0 aromatic heterocycles. The van der Waals surface area contributed by atoms with E-state index < -0.39 is 0 Å². The molecule has 10 heavy (non-hydrogen) atoms. The number of hydrogen-bond acceptors (Lipinski definition) is 2. The van der Waals surface area contributed by atoms with Crippen LogP contribution in [-0.2, 0) is 0 Å². The van der Waals surface area contributed by atoms with Crippen LogP contribution in [0.25, 0.3) is 0 Å². The van der Waals surface area contributed by atoms with Gasteiger partial charge >= 0.3 is 0 Å². The summed E-state index contributed by atoms with van der Waals surface area (Å²) in [6, 6.07) is 0. The molecule has 0 unspecified atom stereocenters. The minimum atomic E-state index is 0.0619. The summed E-state index contributed by atoms with van der Waals surface area (Å²) < 4.78 is 1.72. The van der Waals surface area contributed by atoms with Gasteiger partial charge in [-0.05, 0) is 57.3 Å². The average molecular weight is 366 g/mol. The Kier molecular flexibility index (Phi) is 7.13. The van der Waals surface area contributed by atoms with Gasteiger partial charge in [-0.15, -0.1) is 0 Å². The van der Waals surface area contributed by atoms with E-state index in [4.69, 9.17) is 10.2 Å². The molecule has 0 amide bonds. The zero-order valence-corrected chi connectivity index (χ0v) is 9.53. The van der Waals surface area contributed by atoms with Gasteiger partial charge in [-0.1, -0.05) is 0 Å². The Labute approximate surface area is 87.3 Å². The molecule has 0 saturated heterocycles. The first-order valence-corrected chi connectivity index (χ1v) is 4.79. The highest BCUT2D eigenvalue weighted by Gasteiger charge is 1.86. The van der Waals surface area contributed by atoms with Crippen LogP contribution in [0.3, 0.4) is 0 Å². The molecular formula is C6H8I2O2. The van der Waals surface area contributed by atoms with Crippen molar-refractivity contribution in [2.75, 3.05) is 13.2 Å². The summed E-state index contributed by atoms with van der Waals surface area (Å²) in [5.74, 6) is 0. The summed E-state index contributed by atoms with van der Waals surface area (Å²) in [6.45, 7) is 0.124. The molecule has 4 heteroatoms. The van der Waals surface area contributed by atoms with Crippen molar-refractivity contribution in [2.24, 2.45) is 0 Å². The van der Waals surface area contributed by atoms with Gasteiger partial charge in [0.15, 0.2) is 0 Å². The lowest BCUT2D eigenvalue weighted by Crippen LogP contribution is -1.80. The average Bonchev–Trinajstić information content (AvgIpc) is 1.99. The minimum absolute atomic E-state index is 0.0619. The maximum atomic E-state index is 8.55. The predicted octanol–water partition coefficient (Wildman–Crippen LogP) is 1.61. The molecule has 58 valence electrons. The number of halogens is 2. The molecular weight excluding hydrogens is 358 g/mol. The van der Waals surface area contributed by atoms with Gasteiger partial charge in [0.2, 0.25) is 0 Å². The summed E-state index contributed by atoms with van der Waals surface area (Å²) in [7, 11) is 0. The lowest BCUT2D eigenvalue weighted by atomic mass is 10.4. The Morgan fingerprint density at radius 1 is 1.00 bits per heavy atom. The van der Waals surface area contributed by atoms with E-state index in [-0.39, 0.29) is 13.2 Å². The first-order chi connectivity index (χ1) is 4.70. The molecule has 0 aliphatic rings. The van der Waals surface area contributed by atoms with Crippen LogP contribution in [0.5, 0.6) is 0 Å². The van der Waals surface area contributed by atoms with E-state index in [9.17, 15) is 0 Å². The SMILES string of the molecule is OCC(I)=CC=C(I)CO. The Bertz CT molecular complexity index is 134. The summed E-state index contributed by atoms with van der Waals surface area (Å²) in [5, 5.41) is 17.1. The number of allylic oxidation sites excluding steroid dienone is 2. The largest absolute Gasteiger partial charge is 0.391 e. The second-order valence-electron chi connectivity index (χ2n) is 1.54. The minimum Gasteiger partial charge on any atom is -0.391 e. The second kappa shape index (κ2) is 6.56. The molecule has 0 aromatic carbocycles. The standard InChI is InChI=1S/C6H8I2O2/c7-5(3-9)1-2-6(8)4-10/h1-2,9-10H,3-4H2. The highest BCUT2D eigenvalue weighted by molar-refractivity contribution is 14.1. The Morgan fingerprint density at radius 2 is 1.30 bits per heavy atom. The molecule has 0 aromatic rings. The van der Waals surface area contributed by atoms with Crippen molar-refractivity contribution in [3.8, 4) is 0 Å². The van der Waals surface area contributed by atoms with Crippen molar-refractivity contribution in [1.82, 2.24) is 0 Å². The third-order valence-corrected chi connectivity index (χ3v) is 2.15. The maximum absolute atomic E-state index is 8.55. The van der Waals surface area contributed by atoms with Crippen LogP contribution in [-0.4, -0.2) is 23.4 Å². The third-order valence-electron chi connectivity index (χ3n) is 0.747. The fourth-order valence-electron chi connectivity index (χ4n) is 0.286. The summed E-state index contributed by atoms with van der Waals surface area (Å²) >= 11 is 4.07. The van der Waals surface area contributed by atoms with Gasteiger partial charge in [-0.3, -0.25) is 0 Å². The summed E-state index contributed by atoms with van der Waals surface area (Å²) in [6.07, 6.45) is 3.55. The fraction of sp³-hybridized carbons (Fsp3) is 0.333. The number of rotatable bonds is 3. The first-order valence-electron chi connectivity index (χ1n) is 2.63. The molecule has 0 rings (SSSR count). The van der Waals surface area contributed by atoms with E-state index in [1.165, 1.54) is 0 Å². The number of hydrogen-bond donors (Lipinski definition) is 2. The third kappa shape index (κ3) is 5.63. The molecule has 0 bridgehead atoms. The molecule has 0 heterocycles. The van der Waals surface area contributed by atoms with E-state index in [1.807, 2.05) is 45.2 Å². The Balaban J connectivity index is 3.91. The fourth-order valence-corrected chi connectivity index (χ4v) is 0.646. The molecule has 2 nitrogen and oxygen atoms in total. The lowest BCUT2D eigenvalue weighted by Gasteiger charge is -1.89. The van der Waals surface area contributed by atoms with Gasteiger partial charge in [-0.25, -0.2) is 0 Å². The van der Waals surface area contributed by atoms with Crippen LogP contribution >= 0.6 is 45.2 Å². The molecule has 0 atom stereocenters. The van der Waals surface area contributed by atoms with E-state index in [0.29, 0.717) is 0 Å². The summed E-state index contributed by atoms with van der Waals surface area (Å²) in [5.41, 5.74) is 0. The quantitative estimate of drug-likeness (QED) is 0.589. The van der Waals surface area contributed by atoms with Crippen LogP contribution in [0.2, 0.25) is 0 Å². The molecule has 0 aliphatic carbocycles. The molecule has 2 N–H and O–H groups in total. The number of aliphatic hydroxyl groups excluding tert-OH is 2. The van der Waals surface area contributed by atoms with Crippen molar-refractivity contribution in [3.05, 3.63) is 19.3 Å². The van der Waals surface area contributed by atoms with Crippen LogP contribution in [0, 0.1) is 0 Å². The van der Waals surface area contributed by atoms with E-state index in [2.05, 4.69) is 0 Å². The van der Waals surface area contributed by atoms with Crippen LogP contribution < -0.4 is 0 Å². The maximum Gasteiger partial charge on any atom is 0.0738 e. The van der Waals surface area contributed by atoms with Gasteiger partial charge in [-0.2, -0.15) is 0 Å². The second-order valence-corrected chi connectivity index (χ2v) is 4.31. The van der Waals surface area contributed by atoms with Crippen molar-refractivity contribution in [3.63, 3.8) is 0 Å². The predicted molar refractivity (Wildman–Crippen MR) is 58.4 cm³/mol. The van der Waals surface area contributed by atoms with E-state index >= 15 is 0 Å². The van der Waals surface area contributed by atoms with Crippen molar-refractivity contribution in [2.45, 2.75) is 0 Å². The summed E-state index contributed by atoms with van der Waals surface area (Å²) in [4.78, 5) is 0. The number of aliphatic hydroxyl groups is 2. The monoisotopic (exact) mass is 366 g/mol. The van der Waals surface area contributed by atoms with Gasteiger partial charge in [0.05, 0.1) is 13.2 Å². The van der Waals surface area contributed by atoms with Crippen molar-refractivity contribution in [1.29, 1.82) is 0 Å². The van der Waals surface area contributed by atoms with Crippen molar-refractivity contribution < 1.29 is 10.2 Å². The highest BCUT2D eigenvalue weighted by Crippen LogP contribution is 2.08. The van der Waals surface area contributed by atoms with Crippen LogP contribution in [0.4, 0.5) is 0 Å². The van der Waals surface area contributed by atoms with E-state index in [0.717, 1.165) is 7.16 Å². The zero-order chi connectivity index (χ0) is 7.98. The molecule has 0 fully saturated rings. The lowest BCUT2D eigenvalue weighted by molar-refractivity contribution is 0.339. The normalized spacial score (nSPS) is 14.0. The Hall–Kier alpha value is 0.860. The zero-order valence-electron chi connectivity index (χ0n) is 5.22. The Morgan fingerprint density at radius 3 is 1.50 bits per heavy atom. The highest BCUT2D eigenvalue weighted by atomic mass is 127.